The fourth-order valence-electron chi connectivity index (χ4n) is 3.36. The predicted octanol–water partition coefficient (Wildman–Crippen LogP) is 5.69. The van der Waals surface area contributed by atoms with Crippen LogP contribution in [0.2, 0.25) is 0 Å². The topological polar surface area (TPSA) is 74.6 Å². The van der Waals surface area contributed by atoms with Gasteiger partial charge in [0.2, 0.25) is 0 Å². The summed E-state index contributed by atoms with van der Waals surface area (Å²) in [6, 6.07) is 28.7. The third-order valence-corrected chi connectivity index (χ3v) is 5.02. The Bertz CT molecular complexity index is 1080. The van der Waals surface area contributed by atoms with E-state index in [1.165, 1.54) is 11.1 Å². The normalized spacial score (nSPS) is 11.4. The summed E-state index contributed by atoms with van der Waals surface area (Å²) in [7, 11) is 0. The van der Waals surface area contributed by atoms with E-state index in [2.05, 4.69) is 79.8 Å². The van der Waals surface area contributed by atoms with Crippen molar-refractivity contribution in [3.8, 4) is 0 Å². The molecule has 0 atom stereocenters. The number of aryl methyl sites for hydroxylation is 2. The Hall–Kier alpha value is -4.06. The molecular formula is C26H26N6. The quantitative estimate of drug-likeness (QED) is 0.254. The van der Waals surface area contributed by atoms with Gasteiger partial charge in [0.05, 0.1) is 0 Å². The van der Waals surface area contributed by atoms with Crippen molar-refractivity contribution in [1.82, 2.24) is 10.2 Å². The molecule has 1 heterocycles. The highest BCUT2D eigenvalue weighted by atomic mass is 15.4. The molecule has 3 aromatic carbocycles. The lowest BCUT2D eigenvalue weighted by Crippen LogP contribution is -2.01. The molecule has 0 amide bonds. The van der Waals surface area contributed by atoms with Crippen molar-refractivity contribution in [1.29, 1.82) is 0 Å². The van der Waals surface area contributed by atoms with Crippen molar-refractivity contribution < 1.29 is 0 Å². The average Bonchev–Trinajstić information content (AvgIpc) is 2.86. The number of benzene rings is 3. The molecule has 6 heteroatoms. The van der Waals surface area contributed by atoms with Gasteiger partial charge in [-0.2, -0.15) is 10.2 Å². The molecule has 32 heavy (non-hydrogen) atoms. The third-order valence-electron chi connectivity index (χ3n) is 5.02. The zero-order valence-electron chi connectivity index (χ0n) is 17.9. The van der Waals surface area contributed by atoms with Gasteiger partial charge in [0.1, 0.15) is 0 Å². The number of nitrogens with zero attached hydrogens (tertiary/aromatic N) is 4. The molecule has 0 unspecified atom stereocenters. The molecular weight excluding hydrogens is 396 g/mol. The highest BCUT2D eigenvalue weighted by molar-refractivity contribution is 5.98. The first kappa shape index (κ1) is 21.2. The molecule has 160 valence electrons. The van der Waals surface area contributed by atoms with Crippen LogP contribution in [0.25, 0.3) is 10.8 Å². The number of hydrogen-bond donors (Lipinski definition) is 2. The molecule has 0 saturated heterocycles. The lowest BCUT2D eigenvalue weighted by Gasteiger charge is -2.08. The zero-order valence-corrected chi connectivity index (χ0v) is 17.9. The van der Waals surface area contributed by atoms with Gasteiger partial charge in [0, 0.05) is 23.2 Å². The summed E-state index contributed by atoms with van der Waals surface area (Å²) in [4.78, 5) is 0. The maximum Gasteiger partial charge on any atom is 0.176 e. The van der Waals surface area contributed by atoms with E-state index in [1.54, 1.807) is 0 Å². The minimum absolute atomic E-state index is 0.621. The van der Waals surface area contributed by atoms with Crippen LogP contribution in [-0.2, 0) is 12.8 Å². The van der Waals surface area contributed by atoms with E-state index in [4.69, 9.17) is 0 Å². The fraction of sp³-hybridized carbons (Fsp3) is 0.154. The van der Waals surface area contributed by atoms with Crippen molar-refractivity contribution in [3.05, 3.63) is 96.1 Å². The smallest absolute Gasteiger partial charge is 0.176 e. The standard InChI is InChI=1S/C26H26N6/c1-3-11-21(12-4-1)15-9-19-27-29-25-23-17-7-8-18-24(23)26(32-31-25)30-28-20-10-16-22-13-5-2-6-14-22/h1-8,11-14,17-20H,9-10,15-16H2,(H,29,31)(H,30,32)/b27-19+,28-20+. The number of hydrogen-bond acceptors (Lipinski definition) is 6. The average molecular weight is 423 g/mol. The van der Waals surface area contributed by atoms with E-state index in [9.17, 15) is 0 Å². The first-order chi connectivity index (χ1) is 15.9. The van der Waals surface area contributed by atoms with Crippen LogP contribution in [0.1, 0.15) is 24.0 Å². The van der Waals surface area contributed by atoms with Crippen molar-refractivity contribution in [2.45, 2.75) is 25.7 Å². The molecule has 0 radical (unpaired) electrons. The molecule has 4 rings (SSSR count). The van der Waals surface area contributed by atoms with Gasteiger partial charge in [-0.1, -0.05) is 84.9 Å². The van der Waals surface area contributed by atoms with Crippen LogP contribution in [0.15, 0.2) is 95.1 Å². The lowest BCUT2D eigenvalue weighted by atomic mass is 10.1. The summed E-state index contributed by atoms with van der Waals surface area (Å²) >= 11 is 0. The number of anilines is 2. The molecule has 2 N–H and O–H groups in total. The van der Waals surface area contributed by atoms with Gasteiger partial charge in [0.25, 0.3) is 0 Å². The Kier molecular flexibility index (Phi) is 7.52. The molecule has 0 saturated carbocycles. The second-order valence-corrected chi connectivity index (χ2v) is 7.34. The Morgan fingerprint density at radius 3 is 1.41 bits per heavy atom. The maximum absolute atomic E-state index is 4.32. The molecule has 0 aliphatic rings. The van der Waals surface area contributed by atoms with E-state index >= 15 is 0 Å². The van der Waals surface area contributed by atoms with Gasteiger partial charge in [-0.05, 0) is 36.8 Å². The summed E-state index contributed by atoms with van der Waals surface area (Å²) in [5.74, 6) is 1.24. The van der Waals surface area contributed by atoms with E-state index in [0.29, 0.717) is 11.6 Å². The monoisotopic (exact) mass is 422 g/mol. The van der Waals surface area contributed by atoms with Gasteiger partial charge < -0.3 is 0 Å². The van der Waals surface area contributed by atoms with Crippen LogP contribution >= 0.6 is 0 Å². The summed E-state index contributed by atoms with van der Waals surface area (Å²) in [6.07, 6.45) is 7.33. The molecule has 0 bridgehead atoms. The number of rotatable bonds is 10. The Balaban J connectivity index is 1.34. The molecule has 0 aliphatic heterocycles. The van der Waals surface area contributed by atoms with Gasteiger partial charge >= 0.3 is 0 Å². The van der Waals surface area contributed by atoms with Crippen LogP contribution in [0, 0.1) is 0 Å². The summed E-state index contributed by atoms with van der Waals surface area (Å²) in [5, 5.41) is 19.1. The highest BCUT2D eigenvalue weighted by Crippen LogP contribution is 2.25. The molecule has 0 aliphatic carbocycles. The molecule has 1 aromatic heterocycles. The van der Waals surface area contributed by atoms with E-state index in [1.807, 2.05) is 48.8 Å². The molecule has 0 spiro atoms. The van der Waals surface area contributed by atoms with Gasteiger partial charge in [-0.3, -0.25) is 10.9 Å². The number of nitrogens with one attached hydrogen (secondary N) is 2. The predicted molar refractivity (Wildman–Crippen MR) is 133 cm³/mol. The van der Waals surface area contributed by atoms with Crippen LogP contribution in [-0.4, -0.2) is 22.6 Å². The van der Waals surface area contributed by atoms with Crippen molar-refractivity contribution in [2.24, 2.45) is 10.2 Å². The summed E-state index contributed by atoms with van der Waals surface area (Å²) in [6.45, 7) is 0. The minimum Gasteiger partial charge on any atom is -0.260 e. The van der Waals surface area contributed by atoms with Crippen molar-refractivity contribution in [2.75, 3.05) is 10.9 Å². The number of hydrazone groups is 2. The fourth-order valence-corrected chi connectivity index (χ4v) is 3.36. The summed E-state index contributed by atoms with van der Waals surface area (Å²) in [5.41, 5.74) is 8.64. The second kappa shape index (κ2) is 11.4. The SMILES string of the molecule is C(/CCc1ccccc1)=N\Nc1nnc(N/N=C/CCc2ccccc2)c2ccccc12. The van der Waals surface area contributed by atoms with E-state index < -0.39 is 0 Å². The van der Waals surface area contributed by atoms with Gasteiger partial charge in [0.15, 0.2) is 11.6 Å². The van der Waals surface area contributed by atoms with E-state index in [0.717, 1.165) is 36.5 Å². The lowest BCUT2D eigenvalue weighted by molar-refractivity contribution is 1.02. The number of aromatic nitrogens is 2. The Morgan fingerprint density at radius 1 is 0.562 bits per heavy atom. The van der Waals surface area contributed by atoms with Gasteiger partial charge in [-0.15, -0.1) is 10.2 Å². The highest BCUT2D eigenvalue weighted by Gasteiger charge is 2.07. The van der Waals surface area contributed by atoms with Crippen LogP contribution in [0.5, 0.6) is 0 Å². The molecule has 0 fully saturated rings. The van der Waals surface area contributed by atoms with Crippen molar-refractivity contribution in [3.63, 3.8) is 0 Å². The molecule has 4 aromatic rings. The van der Waals surface area contributed by atoms with Crippen molar-refractivity contribution >= 4 is 34.8 Å². The summed E-state index contributed by atoms with van der Waals surface area (Å²) < 4.78 is 0. The van der Waals surface area contributed by atoms with Crippen LogP contribution < -0.4 is 10.9 Å². The van der Waals surface area contributed by atoms with Gasteiger partial charge in [-0.25, -0.2) is 0 Å². The zero-order chi connectivity index (χ0) is 21.8. The third kappa shape index (κ3) is 5.98. The first-order valence-electron chi connectivity index (χ1n) is 10.8. The Morgan fingerprint density at radius 2 is 0.969 bits per heavy atom. The Labute approximate surface area is 188 Å². The maximum atomic E-state index is 4.32. The van der Waals surface area contributed by atoms with Crippen LogP contribution in [0.3, 0.4) is 0 Å². The number of fused-ring (bicyclic) bond motifs is 1. The van der Waals surface area contributed by atoms with Crippen LogP contribution in [0.4, 0.5) is 11.6 Å². The second-order valence-electron chi connectivity index (χ2n) is 7.34. The molecule has 6 nitrogen and oxygen atoms in total. The van der Waals surface area contributed by atoms with E-state index in [-0.39, 0.29) is 0 Å². The minimum atomic E-state index is 0.621. The largest absolute Gasteiger partial charge is 0.260 e. The first-order valence-corrected chi connectivity index (χ1v) is 10.8.